The molecule has 3 rings (SSSR count). The van der Waals surface area contributed by atoms with Crippen LogP contribution in [0.3, 0.4) is 0 Å². The van der Waals surface area contributed by atoms with Crippen LogP contribution in [0.4, 0.5) is 17.6 Å². The van der Waals surface area contributed by atoms with E-state index in [0.717, 1.165) is 24.5 Å². The van der Waals surface area contributed by atoms with Crippen molar-refractivity contribution in [3.8, 4) is 5.75 Å². The van der Waals surface area contributed by atoms with Crippen LogP contribution >= 0.6 is 0 Å². The lowest BCUT2D eigenvalue weighted by atomic mass is 9.92. The highest BCUT2D eigenvalue weighted by Gasteiger charge is 2.22. The smallest absolute Gasteiger partial charge is 0.232 e. The van der Waals surface area contributed by atoms with Crippen molar-refractivity contribution in [1.29, 1.82) is 0 Å². The number of piperidine rings is 1. The zero-order valence-electron chi connectivity index (χ0n) is 15.8. The maximum absolute atomic E-state index is 5.90. The summed E-state index contributed by atoms with van der Waals surface area (Å²) in [6.07, 6.45) is 1.28. The summed E-state index contributed by atoms with van der Waals surface area (Å²) in [6.45, 7) is 10.0. The third-order valence-corrected chi connectivity index (χ3v) is 4.43. The zero-order chi connectivity index (χ0) is 18.5. The number of benzene rings is 1. The summed E-state index contributed by atoms with van der Waals surface area (Å²) >= 11 is 0. The molecule has 0 amide bonds. The summed E-state index contributed by atoms with van der Waals surface area (Å²) in [5.74, 6) is 3.63. The lowest BCUT2D eigenvalue weighted by molar-refractivity contribution is 0.131. The summed E-state index contributed by atoms with van der Waals surface area (Å²) in [6, 6.07) is 7.68. The second-order valence-electron chi connectivity index (χ2n) is 7.16. The highest BCUT2D eigenvalue weighted by atomic mass is 16.5. The number of nitrogen functional groups attached to an aromatic ring is 1. The summed E-state index contributed by atoms with van der Waals surface area (Å²) in [5, 5.41) is 3.19. The predicted molar refractivity (Wildman–Crippen MR) is 103 cm³/mol. The monoisotopic (exact) mass is 356 g/mol. The second-order valence-corrected chi connectivity index (χ2v) is 7.16. The molecule has 2 heterocycles. The third kappa shape index (κ3) is 5.05. The van der Waals surface area contributed by atoms with Gasteiger partial charge in [0.15, 0.2) is 0 Å². The van der Waals surface area contributed by atoms with E-state index >= 15 is 0 Å². The van der Waals surface area contributed by atoms with Crippen molar-refractivity contribution in [2.24, 2.45) is 11.8 Å². The molecular formula is C19H28N6O. The second kappa shape index (κ2) is 8.31. The fourth-order valence-electron chi connectivity index (χ4n) is 3.62. The van der Waals surface area contributed by atoms with E-state index in [1.165, 1.54) is 6.42 Å². The van der Waals surface area contributed by atoms with Crippen molar-refractivity contribution in [2.45, 2.75) is 33.7 Å². The topological polar surface area (TPSA) is 89.2 Å². The van der Waals surface area contributed by atoms with E-state index in [1.807, 2.05) is 31.2 Å². The van der Waals surface area contributed by atoms with Gasteiger partial charge in [0, 0.05) is 18.8 Å². The molecule has 1 aliphatic heterocycles. The maximum atomic E-state index is 5.90. The van der Waals surface area contributed by atoms with Gasteiger partial charge in [0.2, 0.25) is 11.9 Å². The number of hydrogen-bond acceptors (Lipinski definition) is 7. The average molecular weight is 356 g/mol. The summed E-state index contributed by atoms with van der Waals surface area (Å²) in [4.78, 5) is 15.5. The lowest BCUT2D eigenvalue weighted by Gasteiger charge is -2.34. The van der Waals surface area contributed by atoms with Gasteiger partial charge in [-0.05, 0) is 49.4 Å². The predicted octanol–water partition coefficient (Wildman–Crippen LogP) is 3.07. The molecule has 0 aliphatic carbocycles. The van der Waals surface area contributed by atoms with Crippen molar-refractivity contribution >= 4 is 17.6 Å². The molecule has 1 saturated heterocycles. The summed E-state index contributed by atoms with van der Waals surface area (Å²) < 4.78 is 5.46. The quantitative estimate of drug-likeness (QED) is 0.822. The molecule has 3 N–H and O–H groups in total. The summed E-state index contributed by atoms with van der Waals surface area (Å²) in [7, 11) is 0. The number of aromatic nitrogens is 3. The number of nitrogens with one attached hydrogen (secondary N) is 1. The van der Waals surface area contributed by atoms with Crippen LogP contribution in [0.15, 0.2) is 24.3 Å². The molecule has 1 fully saturated rings. The molecule has 2 aromatic rings. The number of rotatable bonds is 6. The fraction of sp³-hybridized carbons (Fsp3) is 0.526. The van der Waals surface area contributed by atoms with E-state index < -0.39 is 0 Å². The van der Waals surface area contributed by atoms with Gasteiger partial charge in [-0.25, -0.2) is 0 Å². The highest BCUT2D eigenvalue weighted by molar-refractivity contribution is 5.55. The average Bonchev–Trinajstić information content (AvgIpc) is 2.55. The van der Waals surface area contributed by atoms with Crippen LogP contribution in [-0.4, -0.2) is 39.5 Å². The first-order valence-electron chi connectivity index (χ1n) is 9.24. The molecule has 0 spiro atoms. The first-order valence-corrected chi connectivity index (χ1v) is 9.24. The minimum Gasteiger partial charge on any atom is -0.494 e. The molecule has 0 saturated carbocycles. The highest BCUT2D eigenvalue weighted by Crippen LogP contribution is 2.23. The Morgan fingerprint density at radius 3 is 2.46 bits per heavy atom. The number of nitrogens with zero attached hydrogens (tertiary/aromatic N) is 4. The minimum atomic E-state index is 0.238. The van der Waals surface area contributed by atoms with Crippen LogP contribution in [0.25, 0.3) is 0 Å². The Morgan fingerprint density at radius 1 is 1.12 bits per heavy atom. The number of anilines is 3. The van der Waals surface area contributed by atoms with Gasteiger partial charge in [-0.3, -0.25) is 4.90 Å². The Kier molecular flexibility index (Phi) is 5.88. The molecule has 1 aromatic carbocycles. The maximum Gasteiger partial charge on any atom is 0.232 e. The Hall–Kier alpha value is -2.41. The first kappa shape index (κ1) is 18.4. The first-order chi connectivity index (χ1) is 12.5. The van der Waals surface area contributed by atoms with E-state index in [-0.39, 0.29) is 5.95 Å². The number of likely N-dealkylation sites (tertiary alicyclic amines) is 1. The van der Waals surface area contributed by atoms with Crippen molar-refractivity contribution in [3.05, 3.63) is 30.1 Å². The van der Waals surface area contributed by atoms with E-state index in [1.54, 1.807) is 0 Å². The van der Waals surface area contributed by atoms with E-state index in [4.69, 9.17) is 10.5 Å². The van der Waals surface area contributed by atoms with Gasteiger partial charge in [-0.15, -0.1) is 0 Å². The van der Waals surface area contributed by atoms with Crippen LogP contribution < -0.4 is 15.8 Å². The van der Waals surface area contributed by atoms with E-state index in [9.17, 15) is 0 Å². The van der Waals surface area contributed by atoms with Crippen LogP contribution in [-0.2, 0) is 6.54 Å². The molecule has 1 aliphatic rings. The minimum absolute atomic E-state index is 0.238. The Balaban J connectivity index is 1.69. The van der Waals surface area contributed by atoms with Gasteiger partial charge in [-0.2, -0.15) is 15.0 Å². The van der Waals surface area contributed by atoms with Crippen LogP contribution in [0, 0.1) is 11.8 Å². The summed E-state index contributed by atoms with van der Waals surface area (Å²) in [5.41, 5.74) is 6.78. The Labute approximate surface area is 155 Å². The van der Waals surface area contributed by atoms with Gasteiger partial charge in [0.25, 0.3) is 0 Å². The molecule has 2 atom stereocenters. The zero-order valence-corrected chi connectivity index (χ0v) is 15.8. The van der Waals surface area contributed by atoms with Gasteiger partial charge in [0.1, 0.15) is 11.6 Å². The third-order valence-electron chi connectivity index (χ3n) is 4.43. The Bertz CT molecular complexity index is 710. The fourth-order valence-corrected chi connectivity index (χ4v) is 3.62. The van der Waals surface area contributed by atoms with Gasteiger partial charge in [0.05, 0.1) is 13.2 Å². The van der Waals surface area contributed by atoms with Crippen LogP contribution in [0.2, 0.25) is 0 Å². The SMILES string of the molecule is CCOc1ccc(Nc2nc(N)nc(CN3C[C@H](C)C[C@@H](C)C3)n2)cc1. The molecule has 7 heteroatoms. The molecule has 0 bridgehead atoms. The van der Waals surface area contributed by atoms with Gasteiger partial charge < -0.3 is 15.8 Å². The molecule has 26 heavy (non-hydrogen) atoms. The van der Waals surface area contributed by atoms with Crippen LogP contribution in [0.5, 0.6) is 5.75 Å². The molecule has 0 radical (unpaired) electrons. The molecule has 7 nitrogen and oxygen atoms in total. The van der Waals surface area contributed by atoms with Crippen molar-refractivity contribution in [2.75, 3.05) is 30.7 Å². The normalized spacial score (nSPS) is 20.7. The molecule has 140 valence electrons. The van der Waals surface area contributed by atoms with Gasteiger partial charge in [-0.1, -0.05) is 13.8 Å². The van der Waals surface area contributed by atoms with Crippen molar-refractivity contribution in [1.82, 2.24) is 19.9 Å². The number of ether oxygens (including phenoxy) is 1. The van der Waals surface area contributed by atoms with E-state index in [0.29, 0.717) is 36.8 Å². The van der Waals surface area contributed by atoms with Crippen LogP contribution in [0.1, 0.15) is 33.0 Å². The standard InChI is InChI=1S/C19H28N6O/c1-4-26-16-7-5-15(6-8-16)21-19-23-17(22-18(20)24-19)12-25-10-13(2)9-14(3)11-25/h5-8,13-14H,4,9-12H2,1-3H3,(H3,20,21,22,23,24)/t13-,14-/m1/s1. The van der Waals surface area contributed by atoms with Crippen molar-refractivity contribution < 1.29 is 4.74 Å². The number of nitrogens with two attached hydrogens (primary N) is 1. The Morgan fingerprint density at radius 2 is 1.81 bits per heavy atom. The lowest BCUT2D eigenvalue weighted by Crippen LogP contribution is -2.38. The molecular weight excluding hydrogens is 328 g/mol. The number of hydrogen-bond donors (Lipinski definition) is 2. The van der Waals surface area contributed by atoms with Gasteiger partial charge >= 0.3 is 0 Å². The molecule has 0 unspecified atom stereocenters. The van der Waals surface area contributed by atoms with Crippen molar-refractivity contribution in [3.63, 3.8) is 0 Å². The van der Waals surface area contributed by atoms with E-state index in [2.05, 4.69) is 39.0 Å². The largest absolute Gasteiger partial charge is 0.494 e. The molecule has 1 aromatic heterocycles.